The third-order valence-electron chi connectivity index (χ3n) is 4.47. The number of halogens is 3. The van der Waals surface area contributed by atoms with Crippen LogP contribution in [0.15, 0.2) is 46.8 Å². The standard InChI is InChI=1S/C21H19F3N2O3S2/c1-26(17-5-3-9-30-17)20(28)15-12-13-11-14(21(22,23)24)7-8-16(13)25-19(15)31-10-4-6-18(27)29-2/h3,5,7-9,11-12H,4,6,10H2,1-2H3. The van der Waals surface area contributed by atoms with Gasteiger partial charge in [-0.25, -0.2) is 4.98 Å². The van der Waals surface area contributed by atoms with Gasteiger partial charge in [-0.3, -0.25) is 9.59 Å². The smallest absolute Gasteiger partial charge is 0.416 e. The number of benzene rings is 1. The van der Waals surface area contributed by atoms with Gasteiger partial charge in [-0.2, -0.15) is 13.2 Å². The van der Waals surface area contributed by atoms with Gasteiger partial charge in [0.05, 0.1) is 28.8 Å². The van der Waals surface area contributed by atoms with Crippen LogP contribution < -0.4 is 4.90 Å². The molecule has 0 aliphatic carbocycles. The summed E-state index contributed by atoms with van der Waals surface area (Å²) < 4.78 is 44.0. The van der Waals surface area contributed by atoms with Crippen LogP contribution in [0.25, 0.3) is 10.9 Å². The van der Waals surface area contributed by atoms with E-state index in [0.29, 0.717) is 27.7 Å². The summed E-state index contributed by atoms with van der Waals surface area (Å²) in [6.07, 6.45) is -3.75. The number of hydrogen-bond acceptors (Lipinski definition) is 6. The summed E-state index contributed by atoms with van der Waals surface area (Å²) >= 11 is 2.66. The number of amides is 1. The number of thioether (sulfide) groups is 1. The van der Waals surface area contributed by atoms with E-state index in [1.54, 1.807) is 19.2 Å². The molecule has 0 atom stereocenters. The molecular weight excluding hydrogens is 449 g/mol. The van der Waals surface area contributed by atoms with Gasteiger partial charge in [-0.05, 0) is 48.2 Å². The van der Waals surface area contributed by atoms with Crippen molar-refractivity contribution in [3.8, 4) is 0 Å². The Bertz CT molecular complexity index is 1090. The Morgan fingerprint density at radius 1 is 1.23 bits per heavy atom. The monoisotopic (exact) mass is 468 g/mol. The molecule has 0 radical (unpaired) electrons. The zero-order valence-corrected chi connectivity index (χ0v) is 18.4. The van der Waals surface area contributed by atoms with E-state index < -0.39 is 11.7 Å². The minimum Gasteiger partial charge on any atom is -0.469 e. The van der Waals surface area contributed by atoms with Crippen LogP contribution in [0, 0.1) is 0 Å². The zero-order valence-electron chi connectivity index (χ0n) is 16.7. The van der Waals surface area contributed by atoms with Gasteiger partial charge in [0.2, 0.25) is 0 Å². The predicted octanol–water partition coefficient (Wildman–Crippen LogP) is 5.64. The maximum absolute atomic E-state index is 13.2. The number of rotatable bonds is 7. The molecule has 10 heteroatoms. The Morgan fingerprint density at radius 2 is 2.00 bits per heavy atom. The average Bonchev–Trinajstić information content (AvgIpc) is 3.28. The Kier molecular flexibility index (Phi) is 7.22. The summed E-state index contributed by atoms with van der Waals surface area (Å²) in [5.41, 5.74) is -0.227. The van der Waals surface area contributed by atoms with Gasteiger partial charge in [0.15, 0.2) is 0 Å². The number of fused-ring (bicyclic) bond motifs is 1. The van der Waals surface area contributed by atoms with Crippen LogP contribution in [0.5, 0.6) is 0 Å². The van der Waals surface area contributed by atoms with Crippen LogP contribution in [-0.2, 0) is 15.7 Å². The second kappa shape index (κ2) is 9.69. The Hall–Kier alpha value is -2.59. The molecule has 0 saturated carbocycles. The molecule has 0 spiro atoms. The lowest BCUT2D eigenvalue weighted by molar-refractivity contribution is -0.140. The van der Waals surface area contributed by atoms with Gasteiger partial charge in [0, 0.05) is 24.6 Å². The van der Waals surface area contributed by atoms with E-state index in [0.717, 1.165) is 12.1 Å². The predicted molar refractivity (Wildman–Crippen MR) is 116 cm³/mol. The number of pyridine rings is 1. The molecule has 0 N–H and O–H groups in total. The van der Waals surface area contributed by atoms with Crippen molar-refractivity contribution < 1.29 is 27.5 Å². The second-order valence-corrected chi connectivity index (χ2v) is 8.60. The number of thiophene rings is 1. The van der Waals surface area contributed by atoms with Crippen molar-refractivity contribution in [2.24, 2.45) is 0 Å². The molecule has 31 heavy (non-hydrogen) atoms. The summed E-state index contributed by atoms with van der Waals surface area (Å²) in [6.45, 7) is 0. The first-order valence-electron chi connectivity index (χ1n) is 9.24. The lowest BCUT2D eigenvalue weighted by Gasteiger charge is -2.18. The molecule has 164 valence electrons. The van der Waals surface area contributed by atoms with Crippen LogP contribution in [0.2, 0.25) is 0 Å². The molecule has 5 nitrogen and oxygen atoms in total. The summed E-state index contributed by atoms with van der Waals surface area (Å²) in [4.78, 5) is 30.4. The first-order valence-corrected chi connectivity index (χ1v) is 11.1. The minimum atomic E-state index is -4.49. The van der Waals surface area contributed by atoms with E-state index in [9.17, 15) is 22.8 Å². The van der Waals surface area contributed by atoms with Crippen molar-refractivity contribution >= 4 is 50.9 Å². The number of methoxy groups -OCH3 is 1. The van der Waals surface area contributed by atoms with Crippen molar-refractivity contribution in [3.63, 3.8) is 0 Å². The van der Waals surface area contributed by atoms with E-state index in [4.69, 9.17) is 0 Å². The van der Waals surface area contributed by atoms with Crippen LogP contribution in [0.1, 0.15) is 28.8 Å². The summed E-state index contributed by atoms with van der Waals surface area (Å²) in [5, 5.41) is 3.17. The number of alkyl halides is 3. The van der Waals surface area contributed by atoms with Crippen LogP contribution in [-0.4, -0.2) is 36.8 Å². The molecule has 2 heterocycles. The van der Waals surface area contributed by atoms with Gasteiger partial charge in [0.1, 0.15) is 5.03 Å². The fraction of sp³-hybridized carbons (Fsp3) is 0.286. The van der Waals surface area contributed by atoms with Crippen LogP contribution >= 0.6 is 23.1 Å². The summed E-state index contributed by atoms with van der Waals surface area (Å²) in [7, 11) is 2.92. The molecule has 0 aliphatic heterocycles. The summed E-state index contributed by atoms with van der Waals surface area (Å²) in [6, 6.07) is 8.30. The highest BCUT2D eigenvalue weighted by Gasteiger charge is 2.31. The highest BCUT2D eigenvalue weighted by Crippen LogP contribution is 2.34. The normalized spacial score (nSPS) is 11.5. The molecule has 1 aromatic carbocycles. The number of carbonyl (C=O) groups excluding carboxylic acids is 2. The molecule has 0 fully saturated rings. The number of hydrogen-bond donors (Lipinski definition) is 0. The second-order valence-electron chi connectivity index (χ2n) is 6.59. The highest BCUT2D eigenvalue weighted by molar-refractivity contribution is 7.99. The fourth-order valence-electron chi connectivity index (χ4n) is 2.83. The lowest BCUT2D eigenvalue weighted by atomic mass is 10.1. The highest BCUT2D eigenvalue weighted by atomic mass is 32.2. The van der Waals surface area contributed by atoms with Crippen molar-refractivity contribution in [2.45, 2.75) is 24.0 Å². The average molecular weight is 469 g/mol. The van der Waals surface area contributed by atoms with Crippen LogP contribution in [0.4, 0.5) is 18.2 Å². The van der Waals surface area contributed by atoms with Gasteiger partial charge in [0.25, 0.3) is 5.91 Å². The Balaban J connectivity index is 1.97. The number of nitrogens with zero attached hydrogens (tertiary/aromatic N) is 2. The number of aromatic nitrogens is 1. The van der Waals surface area contributed by atoms with E-state index in [2.05, 4.69) is 9.72 Å². The Labute approximate surface area is 185 Å². The van der Waals surface area contributed by atoms with Crippen molar-refractivity contribution in [1.29, 1.82) is 0 Å². The van der Waals surface area contributed by atoms with E-state index >= 15 is 0 Å². The van der Waals surface area contributed by atoms with Gasteiger partial charge >= 0.3 is 12.1 Å². The number of ether oxygens (including phenoxy) is 1. The SMILES string of the molecule is COC(=O)CCCSc1nc2ccc(C(F)(F)F)cc2cc1C(=O)N(C)c1cccs1. The van der Waals surface area contributed by atoms with E-state index in [1.807, 2.05) is 5.38 Å². The Morgan fingerprint density at radius 3 is 2.65 bits per heavy atom. The van der Waals surface area contributed by atoms with Gasteiger partial charge in [-0.1, -0.05) is 0 Å². The molecular formula is C21H19F3N2O3S2. The van der Waals surface area contributed by atoms with E-state index in [1.165, 1.54) is 47.2 Å². The third-order valence-corrected chi connectivity index (χ3v) is 6.49. The van der Waals surface area contributed by atoms with E-state index in [-0.39, 0.29) is 29.2 Å². The van der Waals surface area contributed by atoms with Crippen LogP contribution in [0.3, 0.4) is 0 Å². The molecule has 0 aliphatic rings. The topological polar surface area (TPSA) is 59.5 Å². The lowest BCUT2D eigenvalue weighted by Crippen LogP contribution is -2.26. The largest absolute Gasteiger partial charge is 0.469 e. The number of anilines is 1. The van der Waals surface area contributed by atoms with Crippen molar-refractivity contribution in [3.05, 3.63) is 52.9 Å². The zero-order chi connectivity index (χ0) is 22.6. The molecule has 3 aromatic rings. The maximum atomic E-state index is 13.2. The molecule has 0 saturated heterocycles. The third kappa shape index (κ3) is 5.56. The number of carbonyl (C=O) groups is 2. The van der Waals surface area contributed by atoms with Crippen molar-refractivity contribution in [1.82, 2.24) is 4.98 Å². The fourth-order valence-corrected chi connectivity index (χ4v) is 4.47. The maximum Gasteiger partial charge on any atom is 0.416 e. The molecule has 0 bridgehead atoms. The van der Waals surface area contributed by atoms with Gasteiger partial charge in [-0.15, -0.1) is 23.1 Å². The first-order chi connectivity index (χ1) is 14.7. The molecule has 0 unspecified atom stereocenters. The molecule has 1 amide bonds. The van der Waals surface area contributed by atoms with Crippen molar-refractivity contribution in [2.75, 3.05) is 24.8 Å². The first kappa shape index (κ1) is 23.1. The molecule has 2 aromatic heterocycles. The number of esters is 1. The quantitative estimate of drug-likeness (QED) is 0.255. The summed E-state index contributed by atoms with van der Waals surface area (Å²) in [5.74, 6) is -0.206. The minimum absolute atomic E-state index is 0.214. The molecule has 3 rings (SSSR count). The van der Waals surface area contributed by atoms with Gasteiger partial charge < -0.3 is 9.64 Å².